The maximum atomic E-state index is 4.73. The maximum Gasteiger partial charge on any atom is 0.128 e. The summed E-state index contributed by atoms with van der Waals surface area (Å²) < 4.78 is 0. The number of nitrogens with one attached hydrogen (secondary N) is 1. The fourth-order valence-electron chi connectivity index (χ4n) is 2.21. The molecule has 21 heavy (non-hydrogen) atoms. The van der Waals surface area contributed by atoms with E-state index in [9.17, 15) is 0 Å². The number of hydrogen-bond donors (Lipinski definition) is 1. The van der Waals surface area contributed by atoms with Gasteiger partial charge in [-0.3, -0.25) is 0 Å². The van der Waals surface area contributed by atoms with E-state index in [2.05, 4.69) is 80.5 Å². The normalized spacial score (nSPS) is 10.9. The molecule has 0 radical (unpaired) electrons. The minimum Gasteiger partial charge on any atom is -0.355 e. The van der Waals surface area contributed by atoms with Gasteiger partial charge in [-0.15, -0.1) is 0 Å². The van der Waals surface area contributed by atoms with Crippen molar-refractivity contribution in [3.8, 4) is 0 Å². The van der Waals surface area contributed by atoms with Crippen LogP contribution in [0.1, 0.15) is 30.7 Å². The molecule has 112 valence electrons. The highest BCUT2D eigenvalue weighted by atomic mass is 15.2. The third-order valence-electron chi connectivity index (χ3n) is 3.54. The molecule has 1 aromatic carbocycles. The van der Waals surface area contributed by atoms with E-state index in [1.165, 1.54) is 11.1 Å². The number of aryl methyl sites for hydroxylation is 1. The van der Waals surface area contributed by atoms with Crippen molar-refractivity contribution < 1.29 is 0 Å². The van der Waals surface area contributed by atoms with Crippen LogP contribution in [0.4, 0.5) is 5.82 Å². The van der Waals surface area contributed by atoms with Gasteiger partial charge >= 0.3 is 0 Å². The molecule has 0 amide bonds. The summed E-state index contributed by atoms with van der Waals surface area (Å²) in [4.78, 5) is 6.93. The zero-order valence-corrected chi connectivity index (χ0v) is 13.4. The van der Waals surface area contributed by atoms with Gasteiger partial charge in [0.05, 0.1) is 5.69 Å². The number of hydrogen-bond acceptors (Lipinski definition) is 3. The molecule has 0 saturated heterocycles. The summed E-state index contributed by atoms with van der Waals surface area (Å²) in [5, 5.41) is 3.41. The molecule has 1 heterocycles. The second-order valence-corrected chi connectivity index (χ2v) is 5.81. The molecule has 0 aliphatic carbocycles. The van der Waals surface area contributed by atoms with Crippen LogP contribution < -0.4 is 10.2 Å². The highest BCUT2D eigenvalue weighted by molar-refractivity contribution is 5.40. The van der Waals surface area contributed by atoms with Gasteiger partial charge in [-0.1, -0.05) is 44.2 Å². The third kappa shape index (κ3) is 4.57. The standard InChI is InChI=1S/C18H25N3/c1-14(2)19-12-17-10-7-11-18(20-17)21(4)13-16-9-6-5-8-15(16)3/h5-11,14,19H,12-13H2,1-4H3. The Bertz CT molecular complexity index is 578. The Morgan fingerprint density at radius 1 is 1.10 bits per heavy atom. The molecule has 3 heteroatoms. The van der Waals surface area contributed by atoms with E-state index >= 15 is 0 Å². The first kappa shape index (κ1) is 15.5. The molecule has 0 spiro atoms. The Labute approximate surface area is 128 Å². The van der Waals surface area contributed by atoms with Crippen molar-refractivity contribution in [2.24, 2.45) is 0 Å². The van der Waals surface area contributed by atoms with Crippen LogP contribution in [0.3, 0.4) is 0 Å². The Kier molecular flexibility index (Phi) is 5.34. The van der Waals surface area contributed by atoms with Crippen LogP contribution in [0, 0.1) is 6.92 Å². The first-order valence-electron chi connectivity index (χ1n) is 7.51. The second-order valence-electron chi connectivity index (χ2n) is 5.81. The van der Waals surface area contributed by atoms with Crippen molar-refractivity contribution in [3.63, 3.8) is 0 Å². The molecule has 0 atom stereocenters. The summed E-state index contributed by atoms with van der Waals surface area (Å²) in [6.45, 7) is 8.13. The zero-order chi connectivity index (χ0) is 15.2. The molecular weight excluding hydrogens is 258 g/mol. The molecule has 0 fully saturated rings. The summed E-state index contributed by atoms with van der Waals surface area (Å²) in [6.07, 6.45) is 0. The van der Waals surface area contributed by atoms with E-state index in [0.717, 1.165) is 24.6 Å². The van der Waals surface area contributed by atoms with Crippen LogP contribution in [0.2, 0.25) is 0 Å². The van der Waals surface area contributed by atoms with Crippen molar-refractivity contribution in [2.45, 2.75) is 39.9 Å². The van der Waals surface area contributed by atoms with Gasteiger partial charge in [-0.05, 0) is 30.2 Å². The Balaban J connectivity index is 2.07. The van der Waals surface area contributed by atoms with Crippen molar-refractivity contribution in [1.82, 2.24) is 10.3 Å². The number of nitrogens with zero attached hydrogens (tertiary/aromatic N) is 2. The molecule has 2 aromatic rings. The third-order valence-corrected chi connectivity index (χ3v) is 3.54. The minimum atomic E-state index is 0.472. The fourth-order valence-corrected chi connectivity index (χ4v) is 2.21. The van der Waals surface area contributed by atoms with Crippen molar-refractivity contribution in [2.75, 3.05) is 11.9 Å². The molecule has 0 unspecified atom stereocenters. The van der Waals surface area contributed by atoms with E-state index in [1.807, 2.05) is 0 Å². The molecule has 3 nitrogen and oxygen atoms in total. The zero-order valence-electron chi connectivity index (χ0n) is 13.4. The lowest BCUT2D eigenvalue weighted by atomic mass is 10.1. The number of pyridine rings is 1. The average molecular weight is 283 g/mol. The van der Waals surface area contributed by atoms with Gasteiger partial charge in [0.25, 0.3) is 0 Å². The van der Waals surface area contributed by atoms with Crippen LogP contribution in [-0.4, -0.2) is 18.1 Å². The van der Waals surface area contributed by atoms with E-state index < -0.39 is 0 Å². The lowest BCUT2D eigenvalue weighted by molar-refractivity contribution is 0.581. The topological polar surface area (TPSA) is 28.2 Å². The quantitative estimate of drug-likeness (QED) is 0.879. The Morgan fingerprint density at radius 2 is 1.86 bits per heavy atom. The van der Waals surface area contributed by atoms with E-state index in [0.29, 0.717) is 6.04 Å². The van der Waals surface area contributed by atoms with Crippen molar-refractivity contribution >= 4 is 5.82 Å². The minimum absolute atomic E-state index is 0.472. The Hall–Kier alpha value is -1.87. The lowest BCUT2D eigenvalue weighted by Crippen LogP contribution is -2.23. The monoisotopic (exact) mass is 283 g/mol. The lowest BCUT2D eigenvalue weighted by Gasteiger charge is -2.20. The highest BCUT2D eigenvalue weighted by Crippen LogP contribution is 2.15. The van der Waals surface area contributed by atoms with Gasteiger partial charge in [0, 0.05) is 26.2 Å². The van der Waals surface area contributed by atoms with Crippen LogP contribution in [0.5, 0.6) is 0 Å². The summed E-state index contributed by atoms with van der Waals surface area (Å²) in [5.41, 5.74) is 3.74. The van der Waals surface area contributed by atoms with Crippen LogP contribution >= 0.6 is 0 Å². The average Bonchev–Trinajstić information content (AvgIpc) is 2.48. The highest BCUT2D eigenvalue weighted by Gasteiger charge is 2.06. The summed E-state index contributed by atoms with van der Waals surface area (Å²) in [7, 11) is 2.09. The molecule has 2 rings (SSSR count). The van der Waals surface area contributed by atoms with E-state index in [1.54, 1.807) is 0 Å². The van der Waals surface area contributed by atoms with Crippen LogP contribution in [-0.2, 0) is 13.1 Å². The largest absolute Gasteiger partial charge is 0.355 e. The molecule has 0 aliphatic heterocycles. The van der Waals surface area contributed by atoms with Crippen LogP contribution in [0.25, 0.3) is 0 Å². The van der Waals surface area contributed by atoms with Crippen LogP contribution in [0.15, 0.2) is 42.5 Å². The van der Waals surface area contributed by atoms with Gasteiger partial charge in [-0.25, -0.2) is 4.98 Å². The predicted molar refractivity (Wildman–Crippen MR) is 89.5 cm³/mol. The van der Waals surface area contributed by atoms with Crippen molar-refractivity contribution in [3.05, 3.63) is 59.3 Å². The van der Waals surface area contributed by atoms with Gasteiger partial charge in [0.2, 0.25) is 0 Å². The van der Waals surface area contributed by atoms with Gasteiger partial charge in [0.15, 0.2) is 0 Å². The molecule has 1 N–H and O–H groups in total. The SMILES string of the molecule is Cc1ccccc1CN(C)c1cccc(CNC(C)C)n1. The fraction of sp³-hybridized carbons (Fsp3) is 0.389. The molecule has 1 aromatic heterocycles. The van der Waals surface area contributed by atoms with Gasteiger partial charge < -0.3 is 10.2 Å². The van der Waals surface area contributed by atoms with Gasteiger partial charge in [0.1, 0.15) is 5.82 Å². The summed E-state index contributed by atoms with van der Waals surface area (Å²) in [6, 6.07) is 15.2. The molecule has 0 saturated carbocycles. The first-order chi connectivity index (χ1) is 10.1. The predicted octanol–water partition coefficient (Wildman–Crippen LogP) is 3.52. The number of aromatic nitrogens is 1. The molecular formula is C18H25N3. The van der Waals surface area contributed by atoms with Crippen molar-refractivity contribution in [1.29, 1.82) is 0 Å². The first-order valence-corrected chi connectivity index (χ1v) is 7.51. The molecule has 0 aliphatic rings. The summed E-state index contributed by atoms with van der Waals surface area (Å²) >= 11 is 0. The number of benzene rings is 1. The van der Waals surface area contributed by atoms with E-state index in [-0.39, 0.29) is 0 Å². The summed E-state index contributed by atoms with van der Waals surface area (Å²) in [5.74, 6) is 1.02. The smallest absolute Gasteiger partial charge is 0.128 e. The second kappa shape index (κ2) is 7.23. The maximum absolute atomic E-state index is 4.73. The number of anilines is 1. The molecule has 0 bridgehead atoms. The van der Waals surface area contributed by atoms with Gasteiger partial charge in [-0.2, -0.15) is 0 Å². The number of rotatable bonds is 6. The Morgan fingerprint density at radius 3 is 2.57 bits per heavy atom. The van der Waals surface area contributed by atoms with E-state index in [4.69, 9.17) is 4.98 Å².